The molecule has 8 heteroatoms. The maximum Gasteiger partial charge on any atom is 0.223 e. The van der Waals surface area contributed by atoms with Crippen LogP contribution in [-0.4, -0.2) is 67.2 Å². The molecule has 0 aliphatic carbocycles. The lowest BCUT2D eigenvalue weighted by atomic mass is 9.98. The van der Waals surface area contributed by atoms with E-state index in [1.807, 2.05) is 43.0 Å². The quantitative estimate of drug-likeness (QED) is 0.740. The van der Waals surface area contributed by atoms with Gasteiger partial charge in [-0.15, -0.1) is 0 Å². The lowest BCUT2D eigenvalue weighted by Gasteiger charge is -2.39. The van der Waals surface area contributed by atoms with E-state index in [4.69, 9.17) is 9.47 Å². The van der Waals surface area contributed by atoms with E-state index in [9.17, 15) is 13.2 Å². The van der Waals surface area contributed by atoms with Crippen LogP contribution in [0.4, 0.5) is 0 Å². The zero-order valence-electron chi connectivity index (χ0n) is 16.6. The fraction of sp³-hybridized carbons (Fsp3) is 0.650. The summed E-state index contributed by atoms with van der Waals surface area (Å²) in [5, 5.41) is -0.576. The molecule has 3 fully saturated rings. The van der Waals surface area contributed by atoms with Crippen LogP contribution in [-0.2, 0) is 26.1 Å². The highest BCUT2D eigenvalue weighted by molar-refractivity contribution is 7.90. The molecule has 1 amide bonds. The number of hydrogen-bond donors (Lipinski definition) is 0. The number of morpholine rings is 1. The molecule has 3 atom stereocenters. The Bertz CT molecular complexity index is 871. The maximum absolute atomic E-state index is 13.2. The van der Waals surface area contributed by atoms with E-state index < -0.39 is 20.9 Å². The van der Waals surface area contributed by atoms with Crippen LogP contribution < -0.4 is 4.74 Å². The van der Waals surface area contributed by atoms with Crippen LogP contribution >= 0.6 is 0 Å². The lowest BCUT2D eigenvalue weighted by Crippen LogP contribution is -2.56. The first-order valence-electron chi connectivity index (χ1n) is 9.81. The number of carbonyl (C=O) groups excluding carboxylic acids is 1. The Morgan fingerprint density at radius 1 is 1.36 bits per heavy atom. The molecular weight excluding hydrogens is 380 g/mol. The molecule has 1 spiro atoms. The highest BCUT2D eigenvalue weighted by Crippen LogP contribution is 2.47. The van der Waals surface area contributed by atoms with E-state index in [0.717, 1.165) is 5.56 Å². The number of fused-ring (bicyclic) bond motifs is 1. The lowest BCUT2D eigenvalue weighted by molar-refractivity contribution is -0.151. The first kappa shape index (κ1) is 19.7. The molecule has 3 heterocycles. The van der Waals surface area contributed by atoms with Crippen LogP contribution in [0.1, 0.15) is 32.3 Å². The molecule has 154 valence electrons. The Morgan fingerprint density at radius 2 is 2.14 bits per heavy atom. The number of amides is 1. The van der Waals surface area contributed by atoms with Crippen LogP contribution in [0.15, 0.2) is 24.3 Å². The van der Waals surface area contributed by atoms with Crippen molar-refractivity contribution in [2.75, 3.05) is 26.7 Å². The molecule has 3 aliphatic heterocycles. The van der Waals surface area contributed by atoms with Gasteiger partial charge in [0.25, 0.3) is 0 Å². The summed E-state index contributed by atoms with van der Waals surface area (Å²) in [6.45, 7) is 5.46. The predicted molar refractivity (Wildman–Crippen MR) is 104 cm³/mol. The standard InChI is InChI=1S/C20H28N2O5S/c1-14(2)7-19(23)21-11-17-9-18-20(12-21,27-17)13-22(28(18,24)25)10-15-5-4-6-16(8-15)26-3/h4-6,8,14,17-18H,7,9-13H2,1-3H3/t17-,18+,20+/m1/s1. The fourth-order valence-electron chi connectivity index (χ4n) is 4.73. The summed E-state index contributed by atoms with van der Waals surface area (Å²) in [5.74, 6) is 1.07. The largest absolute Gasteiger partial charge is 0.497 e. The van der Waals surface area contributed by atoms with Crippen molar-refractivity contribution in [1.82, 2.24) is 9.21 Å². The monoisotopic (exact) mass is 408 g/mol. The van der Waals surface area contributed by atoms with Gasteiger partial charge in [-0.1, -0.05) is 26.0 Å². The third-order valence-electron chi connectivity index (χ3n) is 5.94. The Balaban J connectivity index is 1.56. The molecule has 1 aromatic rings. The normalized spacial score (nSPS) is 31.2. The van der Waals surface area contributed by atoms with Crippen molar-refractivity contribution in [2.24, 2.45) is 5.92 Å². The van der Waals surface area contributed by atoms with Gasteiger partial charge >= 0.3 is 0 Å². The summed E-state index contributed by atoms with van der Waals surface area (Å²) >= 11 is 0. The molecule has 3 saturated heterocycles. The molecule has 0 aromatic heterocycles. The summed E-state index contributed by atoms with van der Waals surface area (Å²) < 4.78 is 39.4. The van der Waals surface area contributed by atoms with Crippen LogP contribution in [0.25, 0.3) is 0 Å². The van der Waals surface area contributed by atoms with E-state index in [1.54, 1.807) is 7.11 Å². The summed E-state index contributed by atoms with van der Waals surface area (Å²) in [4.78, 5) is 14.4. The molecule has 0 radical (unpaired) electrons. The van der Waals surface area contributed by atoms with Gasteiger partial charge < -0.3 is 14.4 Å². The molecule has 7 nitrogen and oxygen atoms in total. The minimum absolute atomic E-state index is 0.0898. The molecule has 0 N–H and O–H groups in total. The molecule has 28 heavy (non-hydrogen) atoms. The highest BCUT2D eigenvalue weighted by Gasteiger charge is 2.65. The number of carbonyl (C=O) groups is 1. The molecule has 0 saturated carbocycles. The van der Waals surface area contributed by atoms with E-state index >= 15 is 0 Å². The van der Waals surface area contributed by atoms with Gasteiger partial charge in [-0.3, -0.25) is 4.79 Å². The second-order valence-electron chi connectivity index (χ2n) is 8.57. The van der Waals surface area contributed by atoms with Gasteiger partial charge in [0, 0.05) is 26.1 Å². The van der Waals surface area contributed by atoms with Crippen LogP contribution in [0, 0.1) is 5.92 Å². The van der Waals surface area contributed by atoms with Crippen molar-refractivity contribution >= 4 is 15.9 Å². The van der Waals surface area contributed by atoms with Gasteiger partial charge in [0.15, 0.2) is 0 Å². The van der Waals surface area contributed by atoms with E-state index in [1.165, 1.54) is 4.31 Å². The molecule has 0 unspecified atom stereocenters. The second kappa shape index (κ2) is 7.00. The van der Waals surface area contributed by atoms with Gasteiger partial charge in [0.05, 0.1) is 19.8 Å². The Kier molecular flexibility index (Phi) is 4.92. The predicted octanol–water partition coefficient (Wildman–Crippen LogP) is 1.63. The Hall–Kier alpha value is -1.64. The number of benzene rings is 1. The first-order valence-corrected chi connectivity index (χ1v) is 11.3. The number of rotatable bonds is 5. The van der Waals surface area contributed by atoms with Crippen molar-refractivity contribution < 1.29 is 22.7 Å². The summed E-state index contributed by atoms with van der Waals surface area (Å²) in [7, 11) is -1.90. The smallest absolute Gasteiger partial charge is 0.223 e. The average Bonchev–Trinajstić information content (AvgIpc) is 3.00. The SMILES string of the molecule is COc1cccc(CN2C[C@@]34CN(C(=O)CC(C)C)C[C@@H](C[C@@H]3S2(=O)=O)O4)c1. The van der Waals surface area contributed by atoms with E-state index in [0.29, 0.717) is 38.2 Å². The van der Waals surface area contributed by atoms with Gasteiger partial charge in [-0.25, -0.2) is 8.42 Å². The van der Waals surface area contributed by atoms with E-state index in [2.05, 4.69) is 0 Å². The average molecular weight is 409 g/mol. The first-order chi connectivity index (χ1) is 13.2. The zero-order chi connectivity index (χ0) is 20.1. The molecule has 2 bridgehead atoms. The van der Waals surface area contributed by atoms with Crippen molar-refractivity contribution in [3.63, 3.8) is 0 Å². The van der Waals surface area contributed by atoms with Crippen molar-refractivity contribution in [1.29, 1.82) is 0 Å². The highest BCUT2D eigenvalue weighted by atomic mass is 32.2. The number of hydrogen-bond acceptors (Lipinski definition) is 5. The van der Waals surface area contributed by atoms with Crippen LogP contribution in [0.3, 0.4) is 0 Å². The summed E-state index contributed by atoms with van der Waals surface area (Å²) in [6, 6.07) is 7.44. The third-order valence-corrected chi connectivity index (χ3v) is 8.26. The van der Waals surface area contributed by atoms with Crippen molar-refractivity contribution in [3.05, 3.63) is 29.8 Å². The van der Waals surface area contributed by atoms with Gasteiger partial charge in [0.1, 0.15) is 16.6 Å². The fourth-order valence-corrected chi connectivity index (χ4v) is 7.03. The minimum Gasteiger partial charge on any atom is -0.497 e. The molecule has 4 rings (SSSR count). The molecule has 1 aromatic carbocycles. The van der Waals surface area contributed by atoms with Crippen molar-refractivity contribution in [3.8, 4) is 5.75 Å². The number of sulfonamides is 1. The number of ether oxygens (including phenoxy) is 2. The maximum atomic E-state index is 13.2. The second-order valence-corrected chi connectivity index (χ2v) is 10.7. The van der Waals surface area contributed by atoms with Gasteiger partial charge in [0.2, 0.25) is 15.9 Å². The minimum atomic E-state index is -3.49. The third kappa shape index (κ3) is 3.31. The Labute approximate surface area is 166 Å². The number of likely N-dealkylation sites (tertiary alicyclic amines) is 1. The zero-order valence-corrected chi connectivity index (χ0v) is 17.4. The van der Waals surface area contributed by atoms with E-state index in [-0.39, 0.29) is 24.5 Å². The molecule has 3 aliphatic rings. The van der Waals surface area contributed by atoms with Crippen LogP contribution in [0.2, 0.25) is 0 Å². The van der Waals surface area contributed by atoms with Crippen LogP contribution in [0.5, 0.6) is 5.75 Å². The van der Waals surface area contributed by atoms with Crippen molar-refractivity contribution in [2.45, 2.75) is 50.2 Å². The summed E-state index contributed by atoms with van der Waals surface area (Å²) in [5.41, 5.74) is 0.0622. The number of nitrogens with zero attached hydrogens (tertiary/aromatic N) is 2. The van der Waals surface area contributed by atoms with Gasteiger partial charge in [-0.05, 0) is 30.0 Å². The topological polar surface area (TPSA) is 76.2 Å². The van der Waals surface area contributed by atoms with Gasteiger partial charge in [-0.2, -0.15) is 4.31 Å². The molecular formula is C20H28N2O5S. The Morgan fingerprint density at radius 3 is 2.86 bits per heavy atom. The number of methoxy groups -OCH3 is 1. The summed E-state index contributed by atoms with van der Waals surface area (Å²) in [6.07, 6.45) is 0.750.